The van der Waals surface area contributed by atoms with Crippen LogP contribution in [0.5, 0.6) is 5.75 Å². The first-order valence-corrected chi connectivity index (χ1v) is 5.42. The molecule has 5 heteroatoms. The molecular formula is C13H13N3O2. The van der Waals surface area contributed by atoms with Gasteiger partial charge in [-0.2, -0.15) is 5.10 Å². The van der Waals surface area contributed by atoms with Gasteiger partial charge in [0.25, 0.3) is 0 Å². The minimum absolute atomic E-state index is 0.158. The maximum absolute atomic E-state index is 8.75. The van der Waals surface area contributed by atoms with E-state index in [0.717, 1.165) is 16.9 Å². The Morgan fingerprint density at radius 3 is 3.00 bits per heavy atom. The summed E-state index contributed by atoms with van der Waals surface area (Å²) in [5.41, 5.74) is 1.82. The van der Waals surface area contributed by atoms with Crippen molar-refractivity contribution < 1.29 is 9.84 Å². The number of aliphatic hydroxyl groups is 1. The van der Waals surface area contributed by atoms with E-state index in [4.69, 9.17) is 9.84 Å². The van der Waals surface area contributed by atoms with Gasteiger partial charge in [0.05, 0.1) is 13.7 Å². The fourth-order valence-electron chi connectivity index (χ4n) is 1.57. The second-order valence-electron chi connectivity index (χ2n) is 3.58. The molecule has 92 valence electrons. The zero-order valence-corrected chi connectivity index (χ0v) is 10.00. The maximum atomic E-state index is 8.75. The molecule has 0 amide bonds. The molecule has 0 spiro atoms. The monoisotopic (exact) mass is 243 g/mol. The average molecular weight is 243 g/mol. The Kier molecular flexibility index (Phi) is 3.94. The molecule has 2 aromatic rings. The zero-order valence-electron chi connectivity index (χ0n) is 10.00. The number of nitrogens with zero attached hydrogens (tertiary/aromatic N) is 3. The Morgan fingerprint density at radius 2 is 2.33 bits per heavy atom. The molecule has 1 aromatic carbocycles. The minimum Gasteiger partial charge on any atom is -0.497 e. The average Bonchev–Trinajstić information content (AvgIpc) is 2.90. The summed E-state index contributed by atoms with van der Waals surface area (Å²) in [4.78, 5) is 3.90. The topological polar surface area (TPSA) is 60.2 Å². The van der Waals surface area contributed by atoms with Crippen LogP contribution in [0, 0.1) is 11.8 Å². The normalized spacial score (nSPS) is 9.67. The van der Waals surface area contributed by atoms with Gasteiger partial charge in [-0.05, 0) is 23.8 Å². The number of aliphatic hydroxyl groups excluding tert-OH is 1. The molecule has 5 nitrogen and oxygen atoms in total. The Hall–Kier alpha value is -2.32. The predicted octanol–water partition coefficient (Wildman–Crippen LogP) is 0.679. The smallest absolute Gasteiger partial charge is 0.137 e. The summed E-state index contributed by atoms with van der Waals surface area (Å²) in [6.45, 7) is 0.404. The van der Waals surface area contributed by atoms with Gasteiger partial charge in [0.1, 0.15) is 25.0 Å². The van der Waals surface area contributed by atoms with Crippen LogP contribution in [0.4, 0.5) is 0 Å². The minimum atomic E-state index is -0.158. The van der Waals surface area contributed by atoms with Gasteiger partial charge in [-0.3, -0.25) is 0 Å². The number of benzene rings is 1. The van der Waals surface area contributed by atoms with E-state index in [1.54, 1.807) is 18.1 Å². The lowest BCUT2D eigenvalue weighted by molar-refractivity contribution is 0.350. The van der Waals surface area contributed by atoms with Gasteiger partial charge < -0.3 is 9.84 Å². The van der Waals surface area contributed by atoms with E-state index in [0.29, 0.717) is 6.54 Å². The van der Waals surface area contributed by atoms with Gasteiger partial charge >= 0.3 is 0 Å². The van der Waals surface area contributed by atoms with Crippen molar-refractivity contribution in [2.75, 3.05) is 13.7 Å². The summed E-state index contributed by atoms with van der Waals surface area (Å²) in [5, 5.41) is 12.8. The third kappa shape index (κ3) is 2.87. The lowest BCUT2D eigenvalue weighted by Crippen LogP contribution is -2.02. The van der Waals surface area contributed by atoms with Crippen LogP contribution in [-0.4, -0.2) is 33.6 Å². The number of methoxy groups -OCH3 is 1. The van der Waals surface area contributed by atoms with Crippen LogP contribution < -0.4 is 4.74 Å². The van der Waals surface area contributed by atoms with E-state index in [-0.39, 0.29) is 6.61 Å². The number of rotatable bonds is 3. The number of hydrogen-bond acceptors (Lipinski definition) is 4. The first-order valence-electron chi connectivity index (χ1n) is 5.42. The molecule has 0 radical (unpaired) electrons. The van der Waals surface area contributed by atoms with Crippen LogP contribution in [-0.2, 0) is 6.54 Å². The van der Waals surface area contributed by atoms with Gasteiger partial charge in [-0.1, -0.05) is 11.8 Å². The third-order valence-corrected chi connectivity index (χ3v) is 2.41. The highest BCUT2D eigenvalue weighted by molar-refractivity contribution is 5.45. The van der Waals surface area contributed by atoms with Crippen LogP contribution in [0.25, 0.3) is 0 Å². The first kappa shape index (κ1) is 12.1. The summed E-state index contributed by atoms with van der Waals surface area (Å²) in [6, 6.07) is 5.61. The molecule has 0 fully saturated rings. The van der Waals surface area contributed by atoms with Crippen molar-refractivity contribution in [1.29, 1.82) is 0 Å². The van der Waals surface area contributed by atoms with E-state index in [2.05, 4.69) is 21.9 Å². The standard InChI is InChI=1S/C13H13N3O2/c1-18-13-5-4-11(3-2-6-17)12(7-13)8-16-10-14-9-15-16/h4-5,7,9-10,17H,6,8H2,1H3. The summed E-state index contributed by atoms with van der Waals surface area (Å²) in [5.74, 6) is 6.31. The second-order valence-corrected chi connectivity index (χ2v) is 3.58. The molecule has 2 rings (SSSR count). The van der Waals surface area contributed by atoms with Crippen molar-refractivity contribution in [1.82, 2.24) is 14.8 Å². The van der Waals surface area contributed by atoms with E-state index >= 15 is 0 Å². The fraction of sp³-hybridized carbons (Fsp3) is 0.231. The molecule has 1 N–H and O–H groups in total. The molecule has 0 aliphatic rings. The second kappa shape index (κ2) is 5.84. The fourth-order valence-corrected chi connectivity index (χ4v) is 1.57. The molecule has 0 atom stereocenters. The molecule has 1 heterocycles. The zero-order chi connectivity index (χ0) is 12.8. The number of hydrogen-bond donors (Lipinski definition) is 1. The summed E-state index contributed by atoms with van der Waals surface area (Å²) < 4.78 is 6.90. The Morgan fingerprint density at radius 1 is 1.44 bits per heavy atom. The molecule has 0 unspecified atom stereocenters. The van der Waals surface area contributed by atoms with Gasteiger partial charge in [0, 0.05) is 5.56 Å². The summed E-state index contributed by atoms with van der Waals surface area (Å²) in [6.07, 6.45) is 3.13. The number of ether oxygens (including phenoxy) is 1. The highest BCUT2D eigenvalue weighted by atomic mass is 16.5. The number of aromatic nitrogens is 3. The van der Waals surface area contributed by atoms with Crippen molar-refractivity contribution >= 4 is 0 Å². The van der Waals surface area contributed by atoms with Crippen LogP contribution in [0.1, 0.15) is 11.1 Å². The van der Waals surface area contributed by atoms with Crippen LogP contribution >= 0.6 is 0 Å². The maximum Gasteiger partial charge on any atom is 0.137 e. The molecule has 0 aliphatic carbocycles. The van der Waals surface area contributed by atoms with Crippen LogP contribution in [0.2, 0.25) is 0 Å². The Bertz CT molecular complexity index is 568. The van der Waals surface area contributed by atoms with E-state index in [9.17, 15) is 0 Å². The van der Waals surface area contributed by atoms with Gasteiger partial charge in [-0.25, -0.2) is 9.67 Å². The van der Waals surface area contributed by atoms with Crippen molar-refractivity contribution in [3.63, 3.8) is 0 Å². The SMILES string of the molecule is COc1ccc(C#CCO)c(Cn2cncn2)c1. The van der Waals surface area contributed by atoms with Gasteiger partial charge in [0.15, 0.2) is 0 Å². The molecule has 0 aliphatic heterocycles. The summed E-state index contributed by atoms with van der Waals surface area (Å²) in [7, 11) is 1.62. The molecule has 0 bridgehead atoms. The van der Waals surface area contributed by atoms with Gasteiger partial charge in [-0.15, -0.1) is 0 Å². The van der Waals surface area contributed by atoms with E-state index < -0.39 is 0 Å². The molecule has 0 saturated carbocycles. The Balaban J connectivity index is 2.34. The van der Waals surface area contributed by atoms with Gasteiger partial charge in [0.2, 0.25) is 0 Å². The van der Waals surface area contributed by atoms with Crippen molar-refractivity contribution in [3.05, 3.63) is 42.0 Å². The van der Waals surface area contributed by atoms with E-state index in [1.165, 1.54) is 6.33 Å². The largest absolute Gasteiger partial charge is 0.497 e. The molecular weight excluding hydrogens is 230 g/mol. The van der Waals surface area contributed by atoms with E-state index in [1.807, 2.05) is 18.2 Å². The Labute approximate surface area is 105 Å². The van der Waals surface area contributed by atoms with Crippen LogP contribution in [0.3, 0.4) is 0 Å². The quantitative estimate of drug-likeness (QED) is 0.805. The molecule has 18 heavy (non-hydrogen) atoms. The predicted molar refractivity (Wildman–Crippen MR) is 66.1 cm³/mol. The molecule has 1 aromatic heterocycles. The van der Waals surface area contributed by atoms with Crippen molar-refractivity contribution in [3.8, 4) is 17.6 Å². The highest BCUT2D eigenvalue weighted by Crippen LogP contribution is 2.17. The third-order valence-electron chi connectivity index (χ3n) is 2.41. The lowest BCUT2D eigenvalue weighted by atomic mass is 10.1. The van der Waals surface area contributed by atoms with Crippen molar-refractivity contribution in [2.45, 2.75) is 6.54 Å². The lowest BCUT2D eigenvalue weighted by Gasteiger charge is -2.07. The van der Waals surface area contributed by atoms with Crippen molar-refractivity contribution in [2.24, 2.45) is 0 Å². The highest BCUT2D eigenvalue weighted by Gasteiger charge is 2.04. The molecule has 0 saturated heterocycles. The van der Waals surface area contributed by atoms with Crippen LogP contribution in [0.15, 0.2) is 30.9 Å². The first-order chi connectivity index (χ1) is 8.83. The summed E-state index contributed by atoms with van der Waals surface area (Å²) >= 11 is 0.